The van der Waals surface area contributed by atoms with Gasteiger partial charge in [0.25, 0.3) is 0 Å². The third-order valence-corrected chi connectivity index (χ3v) is 5.49. The summed E-state index contributed by atoms with van der Waals surface area (Å²) in [5, 5.41) is 3.78. The molecule has 2 aliphatic heterocycles. The summed E-state index contributed by atoms with van der Waals surface area (Å²) in [7, 11) is 0. The van der Waals surface area contributed by atoms with Crippen molar-refractivity contribution in [3.63, 3.8) is 0 Å². The Hall–Kier alpha value is -0.120. The smallest absolute Gasteiger partial charge is 0.0546 e. The van der Waals surface area contributed by atoms with Crippen LogP contribution in [0.4, 0.5) is 0 Å². The molecule has 0 aromatic heterocycles. The molecular weight excluding hydrogens is 248 g/mol. The monoisotopic (exact) mass is 280 g/mol. The molecule has 0 spiro atoms. The van der Waals surface area contributed by atoms with E-state index in [9.17, 15) is 0 Å². The molecule has 3 heteroatoms. The molecule has 20 heavy (non-hydrogen) atoms. The van der Waals surface area contributed by atoms with Gasteiger partial charge >= 0.3 is 0 Å². The van der Waals surface area contributed by atoms with Gasteiger partial charge in [0.1, 0.15) is 0 Å². The molecule has 3 rings (SSSR count). The van der Waals surface area contributed by atoms with Crippen LogP contribution in [0.15, 0.2) is 0 Å². The van der Waals surface area contributed by atoms with E-state index in [1.807, 2.05) is 0 Å². The molecule has 0 aromatic rings. The number of piperidine rings is 1. The molecule has 0 amide bonds. The number of hydrogen-bond acceptors (Lipinski definition) is 3. The number of rotatable bonds is 6. The van der Waals surface area contributed by atoms with Gasteiger partial charge < -0.3 is 15.0 Å². The topological polar surface area (TPSA) is 24.5 Å². The molecule has 3 aliphatic rings. The van der Waals surface area contributed by atoms with Crippen molar-refractivity contribution >= 4 is 0 Å². The van der Waals surface area contributed by atoms with Crippen LogP contribution in [0.25, 0.3) is 0 Å². The average molecular weight is 280 g/mol. The summed E-state index contributed by atoms with van der Waals surface area (Å²) >= 11 is 0. The Morgan fingerprint density at radius 1 is 1.25 bits per heavy atom. The van der Waals surface area contributed by atoms with Gasteiger partial charge in [0, 0.05) is 37.7 Å². The fraction of sp³-hybridized carbons (Fsp3) is 1.00. The molecule has 1 saturated carbocycles. The lowest BCUT2D eigenvalue weighted by Gasteiger charge is -2.43. The molecule has 2 saturated heterocycles. The zero-order valence-electron chi connectivity index (χ0n) is 13.2. The first-order valence-electron chi connectivity index (χ1n) is 8.83. The van der Waals surface area contributed by atoms with Crippen molar-refractivity contribution in [3.8, 4) is 0 Å². The van der Waals surface area contributed by atoms with E-state index in [0.717, 1.165) is 25.2 Å². The van der Waals surface area contributed by atoms with E-state index >= 15 is 0 Å². The third kappa shape index (κ3) is 3.96. The maximum atomic E-state index is 5.87. The van der Waals surface area contributed by atoms with Gasteiger partial charge in [0.2, 0.25) is 0 Å². The number of nitrogens with zero attached hydrogens (tertiary/aromatic N) is 1. The van der Waals surface area contributed by atoms with Crippen LogP contribution in [-0.2, 0) is 4.74 Å². The number of nitrogens with one attached hydrogen (secondary N) is 1. The minimum absolute atomic E-state index is 0.385. The van der Waals surface area contributed by atoms with E-state index in [1.165, 1.54) is 71.1 Å². The van der Waals surface area contributed by atoms with Gasteiger partial charge in [-0.15, -0.1) is 0 Å². The molecule has 1 N–H and O–H groups in total. The van der Waals surface area contributed by atoms with Crippen LogP contribution in [0.1, 0.15) is 51.9 Å². The Morgan fingerprint density at radius 2 is 2.15 bits per heavy atom. The molecule has 1 aliphatic carbocycles. The minimum Gasteiger partial charge on any atom is -0.381 e. The van der Waals surface area contributed by atoms with Crippen LogP contribution in [0.3, 0.4) is 0 Å². The van der Waals surface area contributed by atoms with E-state index in [0.29, 0.717) is 5.41 Å². The molecule has 3 nitrogen and oxygen atoms in total. The third-order valence-electron chi connectivity index (χ3n) is 5.49. The van der Waals surface area contributed by atoms with Crippen LogP contribution >= 0.6 is 0 Å². The first-order chi connectivity index (χ1) is 9.80. The van der Waals surface area contributed by atoms with Crippen LogP contribution in [0.5, 0.6) is 0 Å². The van der Waals surface area contributed by atoms with Crippen molar-refractivity contribution in [3.05, 3.63) is 0 Å². The summed E-state index contributed by atoms with van der Waals surface area (Å²) < 4.78 is 5.87. The second-order valence-corrected chi connectivity index (χ2v) is 7.46. The maximum absolute atomic E-state index is 5.87. The fourth-order valence-electron chi connectivity index (χ4n) is 3.98. The highest BCUT2D eigenvalue weighted by molar-refractivity contribution is 4.92. The zero-order chi connectivity index (χ0) is 13.8. The van der Waals surface area contributed by atoms with E-state index in [1.54, 1.807) is 0 Å². The van der Waals surface area contributed by atoms with Gasteiger partial charge in [-0.05, 0) is 51.0 Å². The lowest BCUT2D eigenvalue weighted by Crippen LogP contribution is -2.51. The zero-order valence-corrected chi connectivity index (χ0v) is 13.2. The molecular formula is C17H32N2O. The molecule has 0 aromatic carbocycles. The summed E-state index contributed by atoms with van der Waals surface area (Å²) in [5.74, 6) is 0.932. The van der Waals surface area contributed by atoms with Crippen LogP contribution in [0, 0.1) is 11.3 Å². The van der Waals surface area contributed by atoms with Crippen molar-refractivity contribution in [2.75, 3.05) is 39.4 Å². The van der Waals surface area contributed by atoms with E-state index in [-0.39, 0.29) is 0 Å². The molecule has 2 atom stereocenters. The summed E-state index contributed by atoms with van der Waals surface area (Å²) in [5.41, 5.74) is 0.385. The normalized spacial score (nSPS) is 36.1. The number of hydrogen-bond donors (Lipinski definition) is 1. The van der Waals surface area contributed by atoms with E-state index in [2.05, 4.69) is 17.1 Å². The minimum atomic E-state index is 0.385. The second kappa shape index (κ2) is 6.76. The highest BCUT2D eigenvalue weighted by Gasteiger charge is 2.37. The first-order valence-corrected chi connectivity index (χ1v) is 8.83. The van der Waals surface area contributed by atoms with E-state index < -0.39 is 0 Å². The molecule has 0 bridgehead atoms. The predicted octanol–water partition coefficient (Wildman–Crippen LogP) is 2.66. The molecule has 2 unspecified atom stereocenters. The summed E-state index contributed by atoms with van der Waals surface area (Å²) in [6.45, 7) is 9.35. The van der Waals surface area contributed by atoms with Gasteiger partial charge in [-0.1, -0.05) is 13.3 Å². The van der Waals surface area contributed by atoms with Gasteiger partial charge in [0.15, 0.2) is 0 Å². The quantitative estimate of drug-likeness (QED) is 0.809. The van der Waals surface area contributed by atoms with Crippen LogP contribution in [-0.4, -0.2) is 50.3 Å². The van der Waals surface area contributed by atoms with Crippen LogP contribution < -0.4 is 5.32 Å². The average Bonchev–Trinajstić information content (AvgIpc) is 3.31. The van der Waals surface area contributed by atoms with Gasteiger partial charge in [0.05, 0.1) is 6.61 Å². The Labute approximate surface area is 124 Å². The summed E-state index contributed by atoms with van der Waals surface area (Å²) in [6, 6.07) is 0.818. The maximum Gasteiger partial charge on any atom is 0.0546 e. The van der Waals surface area contributed by atoms with Gasteiger partial charge in [-0.2, -0.15) is 0 Å². The van der Waals surface area contributed by atoms with Crippen molar-refractivity contribution in [1.29, 1.82) is 0 Å². The predicted molar refractivity (Wildman–Crippen MR) is 83.0 cm³/mol. The summed E-state index contributed by atoms with van der Waals surface area (Å²) in [4.78, 5) is 2.74. The SMILES string of the molecule is CCC1CCCN(CC2(CNC3CC3)CCCOC2)C1. The van der Waals surface area contributed by atoms with Gasteiger partial charge in [-0.25, -0.2) is 0 Å². The first kappa shape index (κ1) is 14.8. The molecule has 2 heterocycles. The van der Waals surface area contributed by atoms with Crippen molar-refractivity contribution < 1.29 is 4.74 Å². The van der Waals surface area contributed by atoms with Crippen molar-refractivity contribution in [2.24, 2.45) is 11.3 Å². The Balaban J connectivity index is 1.56. The Kier molecular flexibility index (Phi) is 5.00. The molecule has 0 radical (unpaired) electrons. The highest BCUT2D eigenvalue weighted by Crippen LogP contribution is 2.32. The largest absolute Gasteiger partial charge is 0.381 e. The Morgan fingerprint density at radius 3 is 2.85 bits per heavy atom. The fourth-order valence-corrected chi connectivity index (χ4v) is 3.98. The van der Waals surface area contributed by atoms with Crippen molar-refractivity contribution in [2.45, 2.75) is 57.9 Å². The van der Waals surface area contributed by atoms with Crippen molar-refractivity contribution in [1.82, 2.24) is 10.2 Å². The Bertz CT molecular complexity index is 297. The highest BCUT2D eigenvalue weighted by atomic mass is 16.5. The van der Waals surface area contributed by atoms with Gasteiger partial charge in [-0.3, -0.25) is 0 Å². The van der Waals surface area contributed by atoms with E-state index in [4.69, 9.17) is 4.74 Å². The molecule has 3 fully saturated rings. The second-order valence-electron chi connectivity index (χ2n) is 7.46. The lowest BCUT2D eigenvalue weighted by atomic mass is 9.80. The van der Waals surface area contributed by atoms with Crippen LogP contribution in [0.2, 0.25) is 0 Å². The molecule has 116 valence electrons. The lowest BCUT2D eigenvalue weighted by molar-refractivity contribution is -0.0322. The number of ether oxygens (including phenoxy) is 1. The standard InChI is InChI=1S/C17H32N2O/c1-2-15-5-3-9-19(11-15)13-17(8-4-10-20-14-17)12-18-16-6-7-16/h15-16,18H,2-14H2,1H3. The number of likely N-dealkylation sites (tertiary alicyclic amines) is 1. The summed E-state index contributed by atoms with van der Waals surface area (Å²) in [6.07, 6.45) is 9.55.